The van der Waals surface area contributed by atoms with Gasteiger partial charge in [-0.25, -0.2) is 0 Å². The van der Waals surface area contributed by atoms with Crippen molar-refractivity contribution in [2.75, 3.05) is 18.8 Å². The number of thioether (sulfide) groups is 1. The molecule has 1 saturated heterocycles. The summed E-state index contributed by atoms with van der Waals surface area (Å²) in [5, 5.41) is 9.99. The van der Waals surface area contributed by atoms with Crippen molar-refractivity contribution in [1.29, 1.82) is 0 Å². The number of aliphatic imine (C=N–C) groups is 1. The lowest BCUT2D eigenvalue weighted by molar-refractivity contribution is -0.124. The van der Waals surface area contributed by atoms with E-state index >= 15 is 0 Å². The highest BCUT2D eigenvalue weighted by atomic mass is 32.2. The number of hydrogen-bond acceptors (Lipinski definition) is 4. The Bertz CT molecular complexity index is 242. The van der Waals surface area contributed by atoms with Crippen LogP contribution in [-0.2, 0) is 4.79 Å². The Labute approximate surface area is 74.7 Å². The Morgan fingerprint density at radius 3 is 3.00 bits per heavy atom. The summed E-state index contributed by atoms with van der Waals surface area (Å²) in [6, 6.07) is 0. The zero-order valence-electron chi connectivity index (χ0n) is 6.56. The van der Waals surface area contributed by atoms with Crippen molar-refractivity contribution in [1.82, 2.24) is 4.90 Å². The molecule has 0 aromatic heterocycles. The Kier molecular flexibility index (Phi) is 2.06. The van der Waals surface area contributed by atoms with E-state index in [4.69, 9.17) is 0 Å². The van der Waals surface area contributed by atoms with Gasteiger partial charge in [0.2, 0.25) is 5.91 Å². The number of aliphatic hydroxyl groups is 1. The number of nitrogens with zero attached hydrogens (tertiary/aromatic N) is 2. The van der Waals surface area contributed by atoms with Gasteiger partial charge in [-0.05, 0) is 0 Å². The Morgan fingerprint density at radius 1 is 1.67 bits per heavy atom. The summed E-state index contributed by atoms with van der Waals surface area (Å²) in [4.78, 5) is 17.0. The van der Waals surface area contributed by atoms with Gasteiger partial charge in [-0.1, -0.05) is 11.8 Å². The SMILES string of the molecule is O=C1CC(O)CN1C1=NCCS1. The second-order valence-electron chi connectivity index (χ2n) is 2.88. The van der Waals surface area contributed by atoms with Crippen LogP contribution in [0.5, 0.6) is 0 Å². The van der Waals surface area contributed by atoms with Crippen molar-refractivity contribution < 1.29 is 9.90 Å². The predicted octanol–water partition coefficient (Wildman–Crippen LogP) is -0.318. The van der Waals surface area contributed by atoms with Crippen molar-refractivity contribution in [3.63, 3.8) is 0 Å². The van der Waals surface area contributed by atoms with Gasteiger partial charge in [-0.3, -0.25) is 14.7 Å². The monoisotopic (exact) mass is 186 g/mol. The molecule has 66 valence electrons. The van der Waals surface area contributed by atoms with E-state index < -0.39 is 6.10 Å². The number of carbonyl (C=O) groups excluding carboxylic acids is 1. The van der Waals surface area contributed by atoms with Gasteiger partial charge in [0.1, 0.15) is 0 Å². The van der Waals surface area contributed by atoms with Crippen molar-refractivity contribution >= 4 is 22.8 Å². The first kappa shape index (κ1) is 8.07. The van der Waals surface area contributed by atoms with Gasteiger partial charge in [0, 0.05) is 5.75 Å². The van der Waals surface area contributed by atoms with Crippen LogP contribution in [0.25, 0.3) is 0 Å². The summed E-state index contributed by atoms with van der Waals surface area (Å²) in [6.07, 6.45) is -0.249. The molecule has 0 bridgehead atoms. The number of amidine groups is 1. The van der Waals surface area contributed by atoms with Crippen LogP contribution < -0.4 is 0 Å². The smallest absolute Gasteiger partial charge is 0.231 e. The molecule has 0 saturated carbocycles. The van der Waals surface area contributed by atoms with Gasteiger partial charge >= 0.3 is 0 Å². The van der Waals surface area contributed by atoms with Crippen LogP contribution >= 0.6 is 11.8 Å². The third-order valence-electron chi connectivity index (χ3n) is 1.91. The number of hydrogen-bond donors (Lipinski definition) is 1. The molecule has 0 aromatic rings. The average Bonchev–Trinajstić information content (AvgIpc) is 2.58. The van der Waals surface area contributed by atoms with Gasteiger partial charge in [0.15, 0.2) is 5.17 Å². The van der Waals surface area contributed by atoms with Gasteiger partial charge < -0.3 is 5.11 Å². The molecule has 0 aromatic carbocycles. The molecule has 2 aliphatic heterocycles. The predicted molar refractivity (Wildman–Crippen MR) is 47.1 cm³/mol. The maximum atomic E-state index is 11.2. The number of carbonyl (C=O) groups is 1. The van der Waals surface area contributed by atoms with Gasteiger partial charge in [0.25, 0.3) is 0 Å². The molecule has 4 nitrogen and oxygen atoms in total. The van der Waals surface area contributed by atoms with E-state index in [1.807, 2.05) is 0 Å². The maximum Gasteiger partial charge on any atom is 0.231 e. The normalized spacial score (nSPS) is 29.8. The second-order valence-corrected chi connectivity index (χ2v) is 3.94. The molecule has 2 aliphatic rings. The first-order chi connectivity index (χ1) is 5.77. The zero-order valence-corrected chi connectivity index (χ0v) is 7.38. The highest BCUT2D eigenvalue weighted by Gasteiger charge is 2.32. The van der Waals surface area contributed by atoms with Gasteiger partial charge in [0.05, 0.1) is 25.6 Å². The number of aliphatic hydroxyl groups excluding tert-OH is 1. The fraction of sp³-hybridized carbons (Fsp3) is 0.714. The number of likely N-dealkylation sites (tertiary alicyclic amines) is 1. The quantitative estimate of drug-likeness (QED) is 0.564. The minimum absolute atomic E-state index is 0.00403. The van der Waals surface area contributed by atoms with Crippen molar-refractivity contribution in [2.24, 2.45) is 4.99 Å². The van der Waals surface area contributed by atoms with Crippen molar-refractivity contribution in [2.45, 2.75) is 12.5 Å². The molecule has 12 heavy (non-hydrogen) atoms. The minimum Gasteiger partial charge on any atom is -0.391 e. The van der Waals surface area contributed by atoms with Crippen LogP contribution in [0.2, 0.25) is 0 Å². The van der Waals surface area contributed by atoms with E-state index in [0.717, 1.165) is 17.5 Å². The fourth-order valence-electron chi connectivity index (χ4n) is 1.36. The zero-order chi connectivity index (χ0) is 8.55. The van der Waals surface area contributed by atoms with Crippen LogP contribution in [-0.4, -0.2) is 46.0 Å². The molecule has 0 aliphatic carbocycles. The van der Waals surface area contributed by atoms with E-state index in [-0.39, 0.29) is 12.3 Å². The largest absolute Gasteiger partial charge is 0.391 e. The second kappa shape index (κ2) is 3.06. The third-order valence-corrected chi connectivity index (χ3v) is 2.90. The summed E-state index contributed by atoms with van der Waals surface area (Å²) in [5.41, 5.74) is 0. The number of β-amino-alcohol motifs (C(OH)–C–C–N with tert-alkyl or cyclic N) is 1. The highest BCUT2D eigenvalue weighted by molar-refractivity contribution is 8.14. The molecule has 1 amide bonds. The van der Waals surface area contributed by atoms with Gasteiger partial charge in [-0.2, -0.15) is 0 Å². The molecular weight excluding hydrogens is 176 g/mol. The van der Waals surface area contributed by atoms with E-state index in [1.54, 1.807) is 16.7 Å². The topological polar surface area (TPSA) is 52.9 Å². The van der Waals surface area contributed by atoms with Crippen LogP contribution in [0.1, 0.15) is 6.42 Å². The molecule has 1 atom stereocenters. The minimum atomic E-state index is -0.499. The van der Waals surface area contributed by atoms with E-state index in [9.17, 15) is 9.90 Å². The molecule has 5 heteroatoms. The number of rotatable bonds is 0. The van der Waals surface area contributed by atoms with E-state index in [1.165, 1.54) is 0 Å². The lowest BCUT2D eigenvalue weighted by Crippen LogP contribution is -2.29. The Hall–Kier alpha value is -0.550. The standard InChI is InChI=1S/C7H10N2O2S/c10-5-3-6(11)9(4-5)7-8-1-2-12-7/h5,10H,1-4H2. The molecular formula is C7H10N2O2S. The summed E-state index contributed by atoms with van der Waals surface area (Å²) in [5.74, 6) is 0.950. The van der Waals surface area contributed by atoms with Crippen LogP contribution in [0.3, 0.4) is 0 Å². The number of amides is 1. The summed E-state index contributed by atoms with van der Waals surface area (Å²) in [7, 11) is 0. The van der Waals surface area contributed by atoms with Crippen molar-refractivity contribution in [3.05, 3.63) is 0 Å². The van der Waals surface area contributed by atoms with Crippen molar-refractivity contribution in [3.8, 4) is 0 Å². The summed E-state index contributed by atoms with van der Waals surface area (Å²) >= 11 is 1.59. The first-order valence-corrected chi connectivity index (χ1v) is 4.91. The van der Waals surface area contributed by atoms with Crippen LogP contribution in [0.4, 0.5) is 0 Å². The molecule has 2 heterocycles. The highest BCUT2D eigenvalue weighted by Crippen LogP contribution is 2.21. The molecule has 1 fully saturated rings. The molecule has 2 rings (SSSR count). The van der Waals surface area contributed by atoms with Gasteiger partial charge in [-0.15, -0.1) is 0 Å². The third kappa shape index (κ3) is 1.34. The summed E-state index contributed by atoms with van der Waals surface area (Å²) in [6.45, 7) is 1.21. The molecule has 1 N–H and O–H groups in total. The first-order valence-electron chi connectivity index (χ1n) is 3.93. The fourth-order valence-corrected chi connectivity index (χ4v) is 2.24. The average molecular weight is 186 g/mol. The maximum absolute atomic E-state index is 11.2. The molecule has 0 radical (unpaired) electrons. The Morgan fingerprint density at radius 2 is 2.50 bits per heavy atom. The van der Waals surface area contributed by atoms with Crippen LogP contribution in [0, 0.1) is 0 Å². The lowest BCUT2D eigenvalue weighted by Gasteiger charge is -2.13. The lowest BCUT2D eigenvalue weighted by atomic mass is 10.3. The van der Waals surface area contributed by atoms with E-state index in [0.29, 0.717) is 6.54 Å². The molecule has 1 unspecified atom stereocenters. The van der Waals surface area contributed by atoms with Crippen LogP contribution in [0.15, 0.2) is 4.99 Å². The Balaban J connectivity index is 2.08. The summed E-state index contributed by atoms with van der Waals surface area (Å²) < 4.78 is 0. The molecule has 0 spiro atoms. The van der Waals surface area contributed by atoms with E-state index in [2.05, 4.69) is 4.99 Å².